The zero-order valence-corrected chi connectivity index (χ0v) is 9.56. The summed E-state index contributed by atoms with van der Waals surface area (Å²) in [5.74, 6) is -0.347. The Kier molecular flexibility index (Phi) is 2.84. The maximum atomic E-state index is 11.6. The zero-order chi connectivity index (χ0) is 12.5. The van der Waals surface area contributed by atoms with Gasteiger partial charge in [0, 0.05) is 13.2 Å². The number of likely N-dealkylation sites (N-methyl/N-ethyl adjacent to an activating group) is 1. The molecule has 2 rings (SSSR count). The van der Waals surface area contributed by atoms with Crippen LogP contribution in [-0.4, -0.2) is 34.2 Å². The van der Waals surface area contributed by atoms with Crippen molar-refractivity contribution in [3.63, 3.8) is 0 Å². The van der Waals surface area contributed by atoms with Gasteiger partial charge in [-0.15, -0.1) is 0 Å². The number of nitrogens with two attached hydrogens (primary N) is 1. The van der Waals surface area contributed by atoms with Crippen molar-refractivity contribution >= 4 is 17.5 Å². The van der Waals surface area contributed by atoms with E-state index in [1.54, 1.807) is 13.2 Å². The quantitative estimate of drug-likeness (QED) is 0.629. The normalized spacial score (nSPS) is 16.4. The first-order valence-corrected chi connectivity index (χ1v) is 5.37. The van der Waals surface area contributed by atoms with Crippen LogP contribution in [0.15, 0.2) is 12.4 Å². The van der Waals surface area contributed by atoms with Crippen molar-refractivity contribution < 1.29 is 9.59 Å². The highest BCUT2D eigenvalue weighted by Crippen LogP contribution is 2.33. The molecule has 0 unspecified atom stereocenters. The van der Waals surface area contributed by atoms with Crippen molar-refractivity contribution in [2.24, 2.45) is 5.73 Å². The lowest BCUT2D eigenvalue weighted by atomic mass is 10.3. The largest absolute Gasteiger partial charge is 0.358 e. The van der Waals surface area contributed by atoms with Gasteiger partial charge in [-0.25, -0.2) is 0 Å². The number of hydrogen-bond donors (Lipinski definition) is 3. The molecule has 0 aromatic carbocycles. The van der Waals surface area contributed by atoms with Gasteiger partial charge in [0.2, 0.25) is 11.8 Å². The number of aromatic nitrogens is 2. The lowest BCUT2D eigenvalue weighted by Crippen LogP contribution is -2.37. The lowest BCUT2D eigenvalue weighted by molar-refractivity contribution is -0.121. The predicted octanol–water partition coefficient (Wildman–Crippen LogP) is -0.941. The van der Waals surface area contributed by atoms with E-state index in [0.29, 0.717) is 18.5 Å². The van der Waals surface area contributed by atoms with Gasteiger partial charge in [0.25, 0.3) is 0 Å². The summed E-state index contributed by atoms with van der Waals surface area (Å²) in [6.07, 6.45) is 4.52. The molecule has 0 spiro atoms. The van der Waals surface area contributed by atoms with Crippen molar-refractivity contribution in [3.8, 4) is 0 Å². The Morgan fingerprint density at radius 3 is 2.88 bits per heavy atom. The van der Waals surface area contributed by atoms with E-state index in [-0.39, 0.29) is 18.4 Å². The van der Waals surface area contributed by atoms with E-state index in [1.165, 1.54) is 10.9 Å². The van der Waals surface area contributed by atoms with E-state index in [4.69, 9.17) is 5.73 Å². The van der Waals surface area contributed by atoms with Gasteiger partial charge in [0.1, 0.15) is 6.54 Å². The molecule has 1 aromatic heterocycles. The molecule has 0 saturated heterocycles. The molecule has 1 heterocycles. The molecule has 4 N–H and O–H groups in total. The first kappa shape index (κ1) is 11.6. The zero-order valence-electron chi connectivity index (χ0n) is 9.56. The Balaban J connectivity index is 1.94. The molecule has 0 aliphatic heterocycles. The fourth-order valence-corrected chi connectivity index (χ4v) is 1.36. The first-order chi connectivity index (χ1) is 8.03. The van der Waals surface area contributed by atoms with Gasteiger partial charge in [-0.1, -0.05) is 0 Å². The van der Waals surface area contributed by atoms with E-state index in [0.717, 1.165) is 0 Å². The third-order valence-corrected chi connectivity index (χ3v) is 2.72. The van der Waals surface area contributed by atoms with Gasteiger partial charge in [0.15, 0.2) is 0 Å². The molecule has 1 fully saturated rings. The van der Waals surface area contributed by atoms with Crippen LogP contribution in [0.1, 0.15) is 12.8 Å². The highest BCUT2D eigenvalue weighted by Gasteiger charge is 2.46. The summed E-state index contributed by atoms with van der Waals surface area (Å²) in [6.45, 7) is 0.125. The molecule has 2 amide bonds. The molecule has 0 atom stereocenters. The summed E-state index contributed by atoms with van der Waals surface area (Å²) >= 11 is 0. The Morgan fingerprint density at radius 2 is 2.29 bits per heavy atom. The molecule has 0 bridgehead atoms. The number of amides is 2. The Morgan fingerprint density at radius 1 is 1.59 bits per heavy atom. The molecule has 92 valence electrons. The molecule has 1 aliphatic rings. The van der Waals surface area contributed by atoms with Crippen LogP contribution in [0.5, 0.6) is 0 Å². The second-order valence-corrected chi connectivity index (χ2v) is 4.21. The average Bonchev–Trinajstić information content (AvgIpc) is 2.90. The maximum absolute atomic E-state index is 11.6. The summed E-state index contributed by atoms with van der Waals surface area (Å²) in [4.78, 5) is 22.7. The predicted molar refractivity (Wildman–Crippen MR) is 61.1 cm³/mol. The Hall–Kier alpha value is -1.89. The summed E-state index contributed by atoms with van der Waals surface area (Å²) in [5, 5.41) is 9.13. The van der Waals surface area contributed by atoms with Gasteiger partial charge < -0.3 is 16.4 Å². The van der Waals surface area contributed by atoms with E-state index in [9.17, 15) is 9.59 Å². The van der Waals surface area contributed by atoms with E-state index in [1.807, 2.05) is 0 Å². The molecule has 1 aromatic rings. The van der Waals surface area contributed by atoms with Gasteiger partial charge in [-0.3, -0.25) is 14.3 Å². The van der Waals surface area contributed by atoms with Crippen LogP contribution < -0.4 is 16.4 Å². The molecule has 7 heteroatoms. The van der Waals surface area contributed by atoms with Crippen LogP contribution >= 0.6 is 0 Å². The smallest absolute Gasteiger partial charge is 0.244 e. The Bertz CT molecular complexity index is 449. The third-order valence-electron chi connectivity index (χ3n) is 2.72. The van der Waals surface area contributed by atoms with Crippen molar-refractivity contribution in [2.45, 2.75) is 24.9 Å². The second-order valence-electron chi connectivity index (χ2n) is 4.21. The molecular formula is C10H15N5O2. The topological polar surface area (TPSA) is 102 Å². The van der Waals surface area contributed by atoms with Crippen LogP contribution in [0.4, 0.5) is 5.69 Å². The van der Waals surface area contributed by atoms with Crippen LogP contribution in [0.2, 0.25) is 0 Å². The van der Waals surface area contributed by atoms with Gasteiger partial charge in [-0.05, 0) is 12.8 Å². The van der Waals surface area contributed by atoms with Gasteiger partial charge in [0.05, 0.1) is 17.4 Å². The first-order valence-electron chi connectivity index (χ1n) is 5.37. The molecule has 7 nitrogen and oxygen atoms in total. The van der Waals surface area contributed by atoms with Crippen LogP contribution in [0.25, 0.3) is 0 Å². The molecule has 0 radical (unpaired) electrons. The van der Waals surface area contributed by atoms with Gasteiger partial charge >= 0.3 is 0 Å². The fourth-order valence-electron chi connectivity index (χ4n) is 1.36. The van der Waals surface area contributed by atoms with Crippen LogP contribution in [0, 0.1) is 0 Å². The number of hydrogen-bond acceptors (Lipinski definition) is 4. The fraction of sp³-hybridized carbons (Fsp3) is 0.500. The van der Waals surface area contributed by atoms with E-state index in [2.05, 4.69) is 15.7 Å². The van der Waals surface area contributed by atoms with E-state index >= 15 is 0 Å². The minimum Gasteiger partial charge on any atom is -0.358 e. The monoisotopic (exact) mass is 237 g/mol. The van der Waals surface area contributed by atoms with Crippen molar-refractivity contribution in [1.82, 2.24) is 15.1 Å². The molecule has 1 saturated carbocycles. The second kappa shape index (κ2) is 4.17. The number of nitrogens with one attached hydrogen (secondary N) is 2. The molecule has 17 heavy (non-hydrogen) atoms. The molecular weight excluding hydrogens is 222 g/mol. The number of carbonyl (C=O) groups is 2. The highest BCUT2D eigenvalue weighted by atomic mass is 16.2. The summed E-state index contributed by atoms with van der Waals surface area (Å²) < 4.78 is 1.45. The highest BCUT2D eigenvalue weighted by molar-refractivity contribution is 5.99. The standard InChI is InChI=1S/C10H15N5O2/c1-12-8(16)6-15-5-7(4-13-15)14-9(17)10(11)2-3-10/h4-5H,2-3,6,11H2,1H3,(H,12,16)(H,14,17). The number of carbonyl (C=O) groups excluding carboxylic acids is 2. The number of anilines is 1. The summed E-state index contributed by atoms with van der Waals surface area (Å²) in [5.41, 5.74) is 5.59. The average molecular weight is 237 g/mol. The maximum Gasteiger partial charge on any atom is 0.244 e. The number of rotatable bonds is 4. The minimum atomic E-state index is -0.705. The van der Waals surface area contributed by atoms with Crippen molar-refractivity contribution in [2.75, 3.05) is 12.4 Å². The van der Waals surface area contributed by atoms with Crippen molar-refractivity contribution in [1.29, 1.82) is 0 Å². The SMILES string of the molecule is CNC(=O)Cn1cc(NC(=O)C2(N)CC2)cn1. The lowest BCUT2D eigenvalue weighted by Gasteiger charge is -2.07. The van der Waals surface area contributed by atoms with Crippen LogP contribution in [0.3, 0.4) is 0 Å². The van der Waals surface area contributed by atoms with E-state index < -0.39 is 5.54 Å². The Labute approximate surface area is 98.4 Å². The minimum absolute atomic E-state index is 0.125. The van der Waals surface area contributed by atoms with Gasteiger partial charge in [-0.2, -0.15) is 5.10 Å². The molecule has 1 aliphatic carbocycles. The van der Waals surface area contributed by atoms with Crippen molar-refractivity contribution in [3.05, 3.63) is 12.4 Å². The summed E-state index contributed by atoms with van der Waals surface area (Å²) in [6, 6.07) is 0. The summed E-state index contributed by atoms with van der Waals surface area (Å²) in [7, 11) is 1.56. The number of nitrogens with zero attached hydrogens (tertiary/aromatic N) is 2. The third kappa shape index (κ3) is 2.62. The van der Waals surface area contributed by atoms with Crippen LogP contribution in [-0.2, 0) is 16.1 Å².